The van der Waals surface area contributed by atoms with Crippen LogP contribution in [0.5, 0.6) is 11.5 Å². The summed E-state index contributed by atoms with van der Waals surface area (Å²) in [4.78, 5) is 2.42. The number of methoxy groups -OCH3 is 2. The molecule has 1 aromatic rings. The Labute approximate surface area is 114 Å². The van der Waals surface area contributed by atoms with E-state index in [1.54, 1.807) is 14.2 Å². The van der Waals surface area contributed by atoms with Crippen molar-refractivity contribution < 1.29 is 14.6 Å². The van der Waals surface area contributed by atoms with Gasteiger partial charge in [-0.2, -0.15) is 0 Å². The van der Waals surface area contributed by atoms with Crippen molar-refractivity contribution in [2.75, 3.05) is 33.9 Å². The Kier molecular flexibility index (Phi) is 5.05. The first kappa shape index (κ1) is 14.2. The third-order valence-corrected chi connectivity index (χ3v) is 3.78. The van der Waals surface area contributed by atoms with Crippen LogP contribution in [0.3, 0.4) is 0 Å². The summed E-state index contributed by atoms with van der Waals surface area (Å²) >= 11 is 0. The topological polar surface area (TPSA) is 41.9 Å². The molecule has 1 fully saturated rings. The fourth-order valence-electron chi connectivity index (χ4n) is 2.81. The molecule has 1 atom stereocenters. The predicted molar refractivity (Wildman–Crippen MR) is 74.8 cm³/mol. The number of nitrogens with zero attached hydrogens (tertiary/aromatic N) is 1. The standard InChI is InChI=1S/C15H23NO3/c1-18-12-5-6-15(19-2)13(11-12)14(7-10-17)16-8-3-4-9-16/h5-6,11,14,17H,3-4,7-10H2,1-2H3. The first-order chi connectivity index (χ1) is 9.30. The van der Waals surface area contributed by atoms with Crippen LogP contribution in [0.25, 0.3) is 0 Å². The lowest BCUT2D eigenvalue weighted by Gasteiger charge is -2.29. The van der Waals surface area contributed by atoms with Crippen molar-refractivity contribution >= 4 is 0 Å². The van der Waals surface area contributed by atoms with Gasteiger partial charge >= 0.3 is 0 Å². The van der Waals surface area contributed by atoms with Crippen molar-refractivity contribution in [2.45, 2.75) is 25.3 Å². The molecule has 106 valence electrons. The van der Waals surface area contributed by atoms with Crippen LogP contribution in [-0.4, -0.2) is 43.9 Å². The summed E-state index contributed by atoms with van der Waals surface area (Å²) in [5.41, 5.74) is 1.11. The Balaban J connectivity index is 2.32. The van der Waals surface area contributed by atoms with E-state index in [-0.39, 0.29) is 12.6 Å². The van der Waals surface area contributed by atoms with E-state index in [1.807, 2.05) is 18.2 Å². The van der Waals surface area contributed by atoms with Crippen LogP contribution >= 0.6 is 0 Å². The van der Waals surface area contributed by atoms with E-state index in [0.717, 1.165) is 36.6 Å². The zero-order chi connectivity index (χ0) is 13.7. The Morgan fingerprint density at radius 1 is 1.21 bits per heavy atom. The molecule has 0 saturated carbocycles. The summed E-state index contributed by atoms with van der Waals surface area (Å²) < 4.78 is 10.8. The van der Waals surface area contributed by atoms with Gasteiger partial charge in [-0.1, -0.05) is 0 Å². The van der Waals surface area contributed by atoms with Crippen LogP contribution in [0.4, 0.5) is 0 Å². The maximum atomic E-state index is 9.35. The molecule has 0 aromatic heterocycles. The molecule has 19 heavy (non-hydrogen) atoms. The molecule has 1 aliphatic rings. The van der Waals surface area contributed by atoms with Gasteiger partial charge in [-0.25, -0.2) is 0 Å². The number of rotatable bonds is 6. The summed E-state index contributed by atoms with van der Waals surface area (Å²) in [5.74, 6) is 1.70. The first-order valence-electron chi connectivity index (χ1n) is 6.87. The molecule has 0 spiro atoms. The molecule has 4 nitrogen and oxygen atoms in total. The van der Waals surface area contributed by atoms with Gasteiger partial charge < -0.3 is 14.6 Å². The van der Waals surface area contributed by atoms with Crippen LogP contribution in [0.15, 0.2) is 18.2 Å². The second-order valence-electron chi connectivity index (χ2n) is 4.88. The molecule has 2 rings (SSSR count). The monoisotopic (exact) mass is 265 g/mol. The number of aliphatic hydroxyl groups excluding tert-OH is 1. The molecule has 4 heteroatoms. The quantitative estimate of drug-likeness (QED) is 0.856. The average Bonchev–Trinajstić information content (AvgIpc) is 2.98. The Morgan fingerprint density at radius 3 is 2.53 bits per heavy atom. The minimum absolute atomic E-state index is 0.182. The summed E-state index contributed by atoms with van der Waals surface area (Å²) in [5, 5.41) is 9.35. The highest BCUT2D eigenvalue weighted by molar-refractivity contribution is 5.42. The molecule has 1 N–H and O–H groups in total. The Hall–Kier alpha value is -1.26. The summed E-state index contributed by atoms with van der Waals surface area (Å²) in [7, 11) is 3.35. The molecule has 0 aliphatic carbocycles. The molecule has 0 bridgehead atoms. The molecule has 0 amide bonds. The minimum atomic E-state index is 0.182. The Bertz CT molecular complexity index is 402. The van der Waals surface area contributed by atoms with E-state index in [0.29, 0.717) is 0 Å². The number of ether oxygens (including phenoxy) is 2. The Morgan fingerprint density at radius 2 is 1.95 bits per heavy atom. The van der Waals surface area contributed by atoms with Gasteiger partial charge in [0.1, 0.15) is 11.5 Å². The van der Waals surface area contributed by atoms with Crippen molar-refractivity contribution in [3.05, 3.63) is 23.8 Å². The van der Waals surface area contributed by atoms with Gasteiger partial charge in [0.25, 0.3) is 0 Å². The molecular weight excluding hydrogens is 242 g/mol. The molecule has 0 radical (unpaired) electrons. The van der Waals surface area contributed by atoms with E-state index in [2.05, 4.69) is 4.90 Å². The van der Waals surface area contributed by atoms with E-state index < -0.39 is 0 Å². The summed E-state index contributed by atoms with van der Waals surface area (Å²) in [6.07, 6.45) is 3.19. The smallest absolute Gasteiger partial charge is 0.123 e. The summed E-state index contributed by atoms with van der Waals surface area (Å²) in [6, 6.07) is 6.08. The fraction of sp³-hybridized carbons (Fsp3) is 0.600. The largest absolute Gasteiger partial charge is 0.497 e. The lowest BCUT2D eigenvalue weighted by Crippen LogP contribution is -2.26. The van der Waals surface area contributed by atoms with Crippen LogP contribution < -0.4 is 9.47 Å². The minimum Gasteiger partial charge on any atom is -0.497 e. The number of hydrogen-bond acceptors (Lipinski definition) is 4. The van der Waals surface area contributed by atoms with Crippen LogP contribution in [0, 0.1) is 0 Å². The van der Waals surface area contributed by atoms with Gasteiger partial charge in [0.05, 0.1) is 14.2 Å². The third kappa shape index (κ3) is 3.19. The van der Waals surface area contributed by atoms with Crippen molar-refractivity contribution in [3.8, 4) is 11.5 Å². The third-order valence-electron chi connectivity index (χ3n) is 3.78. The highest BCUT2D eigenvalue weighted by Crippen LogP contribution is 2.36. The van der Waals surface area contributed by atoms with Crippen LogP contribution in [0.2, 0.25) is 0 Å². The highest BCUT2D eigenvalue weighted by atomic mass is 16.5. The average molecular weight is 265 g/mol. The molecule has 1 aliphatic heterocycles. The molecular formula is C15H23NO3. The van der Waals surface area contributed by atoms with Gasteiger partial charge in [-0.05, 0) is 50.6 Å². The number of benzene rings is 1. The second kappa shape index (κ2) is 6.78. The molecule has 1 aromatic carbocycles. The first-order valence-corrected chi connectivity index (χ1v) is 6.87. The lowest BCUT2D eigenvalue weighted by molar-refractivity contribution is 0.182. The molecule has 1 unspecified atom stereocenters. The van der Waals surface area contributed by atoms with Gasteiger partial charge in [0.15, 0.2) is 0 Å². The second-order valence-corrected chi connectivity index (χ2v) is 4.88. The van der Waals surface area contributed by atoms with Gasteiger partial charge in [0.2, 0.25) is 0 Å². The number of hydrogen-bond donors (Lipinski definition) is 1. The predicted octanol–water partition coefficient (Wildman–Crippen LogP) is 2.22. The van der Waals surface area contributed by atoms with Crippen molar-refractivity contribution in [1.29, 1.82) is 0 Å². The SMILES string of the molecule is COc1ccc(OC)c(C(CCO)N2CCCC2)c1. The fourth-order valence-corrected chi connectivity index (χ4v) is 2.81. The highest BCUT2D eigenvalue weighted by Gasteiger charge is 2.25. The molecule has 1 heterocycles. The van der Waals surface area contributed by atoms with E-state index in [4.69, 9.17) is 9.47 Å². The maximum absolute atomic E-state index is 9.35. The number of aliphatic hydroxyl groups is 1. The zero-order valence-electron chi connectivity index (χ0n) is 11.8. The van der Waals surface area contributed by atoms with Gasteiger partial charge in [-0.3, -0.25) is 4.90 Å². The number of likely N-dealkylation sites (tertiary alicyclic amines) is 1. The van der Waals surface area contributed by atoms with Gasteiger partial charge in [-0.15, -0.1) is 0 Å². The molecule has 1 saturated heterocycles. The van der Waals surface area contributed by atoms with Crippen LogP contribution in [0.1, 0.15) is 30.9 Å². The lowest BCUT2D eigenvalue weighted by atomic mass is 10.0. The van der Waals surface area contributed by atoms with Crippen molar-refractivity contribution in [3.63, 3.8) is 0 Å². The normalized spacial score (nSPS) is 17.4. The maximum Gasteiger partial charge on any atom is 0.123 e. The van der Waals surface area contributed by atoms with Crippen molar-refractivity contribution in [1.82, 2.24) is 4.90 Å². The van der Waals surface area contributed by atoms with Crippen molar-refractivity contribution in [2.24, 2.45) is 0 Å². The van der Waals surface area contributed by atoms with E-state index >= 15 is 0 Å². The zero-order valence-corrected chi connectivity index (χ0v) is 11.8. The summed E-state index contributed by atoms with van der Waals surface area (Å²) in [6.45, 7) is 2.36. The van der Waals surface area contributed by atoms with Gasteiger partial charge in [0, 0.05) is 18.2 Å². The van der Waals surface area contributed by atoms with E-state index in [1.165, 1.54) is 12.8 Å². The van der Waals surface area contributed by atoms with E-state index in [9.17, 15) is 5.11 Å². The van der Waals surface area contributed by atoms with Crippen LogP contribution in [-0.2, 0) is 0 Å².